The van der Waals surface area contributed by atoms with Crippen molar-refractivity contribution in [2.75, 3.05) is 7.11 Å². The first kappa shape index (κ1) is 17.4. The average molecular weight is 343 g/mol. The highest BCUT2D eigenvalue weighted by Gasteiger charge is 2.62. The fourth-order valence-electron chi connectivity index (χ4n) is 3.32. The van der Waals surface area contributed by atoms with Gasteiger partial charge in [-0.25, -0.2) is 0 Å². The molecule has 3 aliphatic rings. The van der Waals surface area contributed by atoms with Crippen LogP contribution in [-0.4, -0.2) is 61.4 Å². The highest BCUT2D eigenvalue weighted by molar-refractivity contribution is 5.76. The highest BCUT2D eigenvalue weighted by Crippen LogP contribution is 2.45. The molecule has 0 radical (unpaired) electrons. The van der Waals surface area contributed by atoms with E-state index in [2.05, 4.69) is 10.0 Å². The quantitative estimate of drug-likeness (QED) is 0.327. The number of fused-ring (bicyclic) bond motifs is 3. The number of ether oxygens (including phenoxy) is 6. The number of nitrogens with zero attached hydrogens (tertiary/aromatic N) is 3. The number of carbonyl (C=O) groups excluding carboxylic acids is 1. The van der Waals surface area contributed by atoms with E-state index in [1.807, 2.05) is 0 Å². The van der Waals surface area contributed by atoms with E-state index in [9.17, 15) is 4.79 Å². The van der Waals surface area contributed by atoms with E-state index in [4.69, 9.17) is 34.0 Å². The Morgan fingerprint density at radius 2 is 1.67 bits per heavy atom. The van der Waals surface area contributed by atoms with Gasteiger partial charge in [0, 0.05) is 4.91 Å². The predicted molar refractivity (Wildman–Crippen MR) is 77.5 cm³/mol. The van der Waals surface area contributed by atoms with E-state index in [-0.39, 0.29) is 0 Å². The van der Waals surface area contributed by atoms with E-state index < -0.39 is 54.3 Å². The zero-order valence-corrected chi connectivity index (χ0v) is 14.2. The molecule has 3 heterocycles. The minimum absolute atomic E-state index is 0.521. The number of methoxy groups -OCH3 is 1. The molecular formula is C14H21N3O7. The molecule has 10 nitrogen and oxygen atoms in total. The molecule has 10 heteroatoms. The van der Waals surface area contributed by atoms with Crippen LogP contribution in [0.3, 0.4) is 0 Å². The zero-order valence-electron chi connectivity index (χ0n) is 14.2. The summed E-state index contributed by atoms with van der Waals surface area (Å²) in [6, 6.07) is -1.22. The van der Waals surface area contributed by atoms with Gasteiger partial charge < -0.3 is 28.4 Å². The first-order valence-electron chi connectivity index (χ1n) is 7.66. The van der Waals surface area contributed by atoms with Crippen LogP contribution >= 0.6 is 0 Å². The molecule has 24 heavy (non-hydrogen) atoms. The monoisotopic (exact) mass is 343 g/mol. The van der Waals surface area contributed by atoms with E-state index >= 15 is 0 Å². The summed E-state index contributed by atoms with van der Waals surface area (Å²) in [4.78, 5) is 14.8. The molecule has 0 aromatic heterocycles. The van der Waals surface area contributed by atoms with Gasteiger partial charge in [-0.3, -0.25) is 4.79 Å². The lowest BCUT2D eigenvalue weighted by Crippen LogP contribution is -2.59. The molecule has 3 rings (SSSR count). The van der Waals surface area contributed by atoms with Crippen LogP contribution in [0, 0.1) is 0 Å². The van der Waals surface area contributed by atoms with Crippen molar-refractivity contribution in [3.05, 3.63) is 10.4 Å². The van der Waals surface area contributed by atoms with Crippen LogP contribution in [0.4, 0.5) is 0 Å². The molecule has 0 bridgehead atoms. The van der Waals surface area contributed by atoms with E-state index in [0.717, 1.165) is 0 Å². The largest absolute Gasteiger partial charge is 0.469 e. The van der Waals surface area contributed by atoms with Gasteiger partial charge in [-0.05, 0) is 33.2 Å². The summed E-state index contributed by atoms with van der Waals surface area (Å²) in [5, 5.41) is 3.53. The number of rotatable bonds is 3. The van der Waals surface area contributed by atoms with Crippen molar-refractivity contribution in [1.29, 1.82) is 0 Å². The fraction of sp³-hybridized carbons (Fsp3) is 0.929. The van der Waals surface area contributed by atoms with E-state index in [0.29, 0.717) is 0 Å². The molecule has 0 aromatic carbocycles. The maximum Gasteiger partial charge on any atom is 0.317 e. The van der Waals surface area contributed by atoms with Gasteiger partial charge in [0.1, 0.15) is 24.4 Å². The Balaban J connectivity index is 1.95. The Bertz CT molecular complexity index is 575. The first-order chi connectivity index (χ1) is 11.2. The Hall–Kier alpha value is -1.42. The van der Waals surface area contributed by atoms with E-state index in [1.165, 1.54) is 7.11 Å². The van der Waals surface area contributed by atoms with Crippen LogP contribution in [0.2, 0.25) is 0 Å². The van der Waals surface area contributed by atoms with Crippen molar-refractivity contribution >= 4 is 5.97 Å². The van der Waals surface area contributed by atoms with Gasteiger partial charge in [-0.15, -0.1) is 0 Å². The minimum atomic E-state index is -1.22. The van der Waals surface area contributed by atoms with Crippen molar-refractivity contribution in [3.63, 3.8) is 0 Å². The number of hydrogen-bond acceptors (Lipinski definition) is 8. The summed E-state index contributed by atoms with van der Waals surface area (Å²) in [5.74, 6) is -2.50. The van der Waals surface area contributed by atoms with Crippen LogP contribution in [0.25, 0.3) is 10.4 Å². The molecule has 3 aliphatic heterocycles. The predicted octanol–water partition coefficient (Wildman–Crippen LogP) is 1.23. The lowest BCUT2D eigenvalue weighted by atomic mass is 9.94. The maximum atomic E-state index is 12.0. The lowest BCUT2D eigenvalue weighted by molar-refractivity contribution is -0.238. The van der Waals surface area contributed by atoms with Crippen LogP contribution in [0.5, 0.6) is 0 Å². The van der Waals surface area contributed by atoms with Crippen molar-refractivity contribution in [2.45, 2.75) is 76.0 Å². The van der Waals surface area contributed by atoms with E-state index in [1.54, 1.807) is 27.7 Å². The average Bonchev–Trinajstić information content (AvgIpc) is 2.97. The van der Waals surface area contributed by atoms with Gasteiger partial charge in [0.05, 0.1) is 7.11 Å². The molecule has 6 atom stereocenters. The Morgan fingerprint density at radius 1 is 1.08 bits per heavy atom. The highest BCUT2D eigenvalue weighted by atomic mass is 16.9. The third-order valence-corrected chi connectivity index (χ3v) is 4.12. The van der Waals surface area contributed by atoms with Crippen LogP contribution in [0.1, 0.15) is 27.7 Å². The minimum Gasteiger partial charge on any atom is -0.469 e. The maximum absolute atomic E-state index is 12.0. The standard InChI is InChI=1S/C14H21N3O7/c1-13(2)21-8-7(6(16-17-15)11(18)19-5)20-12-10(9(8)22-13)23-14(3,4)24-12/h6-10,12H,1-5H3/t6-,7-,8+,9+,10-,12-/m1/s1. The third kappa shape index (κ3) is 2.97. The van der Waals surface area contributed by atoms with Gasteiger partial charge in [-0.2, -0.15) is 0 Å². The second-order valence-electron chi connectivity index (χ2n) is 6.81. The Morgan fingerprint density at radius 3 is 2.29 bits per heavy atom. The molecule has 0 unspecified atom stereocenters. The number of hydrogen-bond donors (Lipinski definition) is 0. The summed E-state index contributed by atoms with van der Waals surface area (Å²) in [7, 11) is 1.21. The molecule has 0 amide bonds. The fourth-order valence-corrected chi connectivity index (χ4v) is 3.32. The second-order valence-corrected chi connectivity index (χ2v) is 6.81. The third-order valence-electron chi connectivity index (χ3n) is 4.12. The topological polar surface area (TPSA) is 121 Å². The summed E-state index contributed by atoms with van der Waals surface area (Å²) < 4.78 is 34.0. The van der Waals surface area contributed by atoms with Crippen molar-refractivity contribution in [2.24, 2.45) is 5.11 Å². The Kier molecular flexibility index (Phi) is 4.23. The number of esters is 1. The smallest absolute Gasteiger partial charge is 0.317 e. The van der Waals surface area contributed by atoms with Gasteiger partial charge >= 0.3 is 5.97 Å². The molecule has 3 saturated heterocycles. The van der Waals surface area contributed by atoms with Crippen LogP contribution < -0.4 is 0 Å². The van der Waals surface area contributed by atoms with Gasteiger partial charge in [0.25, 0.3) is 0 Å². The molecule has 0 saturated carbocycles. The van der Waals surface area contributed by atoms with Gasteiger partial charge in [0.2, 0.25) is 0 Å². The molecule has 0 aliphatic carbocycles. The van der Waals surface area contributed by atoms with Crippen molar-refractivity contribution < 1.29 is 33.2 Å². The Labute approximate surface area is 138 Å². The summed E-state index contributed by atoms with van der Waals surface area (Å²) in [6.07, 6.45) is -3.42. The molecule has 3 fully saturated rings. The second kappa shape index (κ2) is 5.83. The number of azide groups is 1. The summed E-state index contributed by atoms with van der Waals surface area (Å²) in [6.45, 7) is 7.01. The molecular weight excluding hydrogens is 322 g/mol. The normalized spacial score (nSPS) is 40.1. The molecule has 0 spiro atoms. The number of carbonyl (C=O) groups is 1. The van der Waals surface area contributed by atoms with Crippen LogP contribution in [0.15, 0.2) is 5.11 Å². The van der Waals surface area contributed by atoms with Crippen molar-refractivity contribution in [1.82, 2.24) is 0 Å². The SMILES string of the molecule is COC(=O)[C@H](N=[N+]=[N-])[C@H]1O[C@@H]2OC(C)(C)O[C@@H]2[C@H]2OC(C)(C)O[C@H]21. The zero-order chi connectivity index (χ0) is 17.7. The molecule has 0 N–H and O–H groups in total. The summed E-state index contributed by atoms with van der Waals surface area (Å²) >= 11 is 0. The van der Waals surface area contributed by atoms with Crippen molar-refractivity contribution in [3.8, 4) is 0 Å². The lowest BCUT2D eigenvalue weighted by Gasteiger charge is -2.38. The molecule has 0 aromatic rings. The summed E-state index contributed by atoms with van der Waals surface area (Å²) in [5.41, 5.74) is 8.79. The van der Waals surface area contributed by atoms with Gasteiger partial charge in [-0.1, -0.05) is 5.11 Å². The molecule has 134 valence electrons. The van der Waals surface area contributed by atoms with Gasteiger partial charge in [0.15, 0.2) is 23.9 Å². The van der Waals surface area contributed by atoms with Crippen LogP contribution in [-0.2, 0) is 33.2 Å². The first-order valence-corrected chi connectivity index (χ1v) is 7.66.